The van der Waals surface area contributed by atoms with Gasteiger partial charge in [-0.1, -0.05) is 0 Å². The van der Waals surface area contributed by atoms with Crippen molar-refractivity contribution in [2.24, 2.45) is 5.92 Å². The smallest absolute Gasteiger partial charge is 0.239 e. The number of nitrogens with zero attached hydrogens (tertiary/aromatic N) is 3. The van der Waals surface area contributed by atoms with Crippen LogP contribution < -0.4 is 4.90 Å². The van der Waals surface area contributed by atoms with Gasteiger partial charge in [0.15, 0.2) is 0 Å². The maximum absolute atomic E-state index is 13.2. The number of halogens is 1. The van der Waals surface area contributed by atoms with Gasteiger partial charge in [-0.15, -0.1) is 0 Å². The van der Waals surface area contributed by atoms with Crippen molar-refractivity contribution in [2.45, 2.75) is 50.6 Å². The van der Waals surface area contributed by atoms with Crippen molar-refractivity contribution in [1.82, 2.24) is 9.88 Å². The van der Waals surface area contributed by atoms with E-state index in [0.717, 1.165) is 48.4 Å². The highest BCUT2D eigenvalue weighted by Crippen LogP contribution is 2.50. The second-order valence-corrected chi connectivity index (χ2v) is 9.90. The molecule has 2 fully saturated rings. The van der Waals surface area contributed by atoms with Crippen LogP contribution >= 0.6 is 15.9 Å². The van der Waals surface area contributed by atoms with Crippen LogP contribution in [0, 0.1) is 5.92 Å². The Morgan fingerprint density at radius 3 is 2.81 bits per heavy atom. The first-order valence-electron chi connectivity index (χ1n) is 9.35. The van der Waals surface area contributed by atoms with E-state index < -0.39 is 5.41 Å². The van der Waals surface area contributed by atoms with Crippen molar-refractivity contribution < 1.29 is 9.53 Å². The van der Waals surface area contributed by atoms with Gasteiger partial charge in [-0.05, 0) is 61.2 Å². The van der Waals surface area contributed by atoms with Crippen molar-refractivity contribution in [3.8, 4) is 0 Å². The number of carbonyl (C=O) groups excluding carboxylic acids is 1. The molecule has 0 spiro atoms. The molecule has 1 amide bonds. The Kier molecular flexibility index (Phi) is 3.43. The molecular weight excluding hydrogens is 394 g/mol. The number of carbonyl (C=O) groups is 1. The third kappa shape index (κ3) is 2.18. The average Bonchev–Trinajstić information content (AvgIpc) is 3.18. The average molecular weight is 418 g/mol. The largest absolute Gasteiger partial charge is 0.501 e. The van der Waals surface area contributed by atoms with Crippen molar-refractivity contribution in [2.75, 3.05) is 24.6 Å². The van der Waals surface area contributed by atoms with Crippen LogP contribution in [0.1, 0.15) is 39.3 Å². The first-order valence-corrected chi connectivity index (χ1v) is 10.1. The van der Waals surface area contributed by atoms with Crippen molar-refractivity contribution >= 4 is 27.5 Å². The van der Waals surface area contributed by atoms with Gasteiger partial charge in [-0.3, -0.25) is 14.7 Å². The molecule has 4 heterocycles. The molecule has 138 valence electrons. The molecule has 1 aromatic heterocycles. The highest BCUT2D eigenvalue weighted by atomic mass is 79.9. The second kappa shape index (κ2) is 5.32. The summed E-state index contributed by atoms with van der Waals surface area (Å²) in [7, 11) is 0. The number of aromatic nitrogens is 1. The van der Waals surface area contributed by atoms with Crippen LogP contribution in [-0.2, 0) is 14.9 Å². The summed E-state index contributed by atoms with van der Waals surface area (Å²) in [5, 5.41) is 0. The molecule has 0 N–H and O–H groups in total. The Balaban J connectivity index is 1.38. The maximum atomic E-state index is 13.2. The molecule has 5 rings (SSSR count). The number of pyridine rings is 1. The highest BCUT2D eigenvalue weighted by Gasteiger charge is 2.55. The fraction of sp³-hybridized carbons (Fsp3) is 0.600. The maximum Gasteiger partial charge on any atom is 0.239 e. The normalized spacial score (nSPS) is 35.0. The molecule has 1 saturated carbocycles. The van der Waals surface area contributed by atoms with E-state index in [4.69, 9.17) is 4.74 Å². The lowest BCUT2D eigenvalue weighted by molar-refractivity contribution is -0.123. The number of fused-ring (bicyclic) bond motifs is 2. The molecule has 4 aliphatic rings. The van der Waals surface area contributed by atoms with Crippen LogP contribution in [0.5, 0.6) is 0 Å². The monoisotopic (exact) mass is 417 g/mol. The second-order valence-electron chi connectivity index (χ2n) is 8.98. The van der Waals surface area contributed by atoms with E-state index in [0.29, 0.717) is 5.92 Å². The van der Waals surface area contributed by atoms with E-state index in [9.17, 15) is 4.79 Å². The number of anilines is 1. The zero-order valence-corrected chi connectivity index (χ0v) is 17.0. The van der Waals surface area contributed by atoms with Gasteiger partial charge in [0.25, 0.3) is 0 Å². The van der Waals surface area contributed by atoms with Gasteiger partial charge in [-0.25, -0.2) is 0 Å². The first-order chi connectivity index (χ1) is 12.3. The quantitative estimate of drug-likeness (QED) is 0.740. The fourth-order valence-electron chi connectivity index (χ4n) is 5.14. The third-order valence-electron chi connectivity index (χ3n) is 6.79. The summed E-state index contributed by atoms with van der Waals surface area (Å²) >= 11 is 3.52. The Bertz CT molecular complexity index is 828. The SMILES string of the molecule is CC1(C)C(=O)N(C2CC(C)(N3CC4=COC[C@H]4C3)C2)c2cc(Br)cnc21. The van der Waals surface area contributed by atoms with Gasteiger partial charge in [0, 0.05) is 41.3 Å². The van der Waals surface area contributed by atoms with Gasteiger partial charge in [0.05, 0.1) is 29.7 Å². The number of ether oxygens (including phenoxy) is 1. The predicted octanol–water partition coefficient (Wildman–Crippen LogP) is 3.24. The Morgan fingerprint density at radius 2 is 2.08 bits per heavy atom. The Hall–Kier alpha value is -1.40. The van der Waals surface area contributed by atoms with Crippen LogP contribution in [0.2, 0.25) is 0 Å². The summed E-state index contributed by atoms with van der Waals surface area (Å²) in [6.07, 6.45) is 5.78. The van der Waals surface area contributed by atoms with Gasteiger partial charge in [0.2, 0.25) is 5.91 Å². The molecule has 0 radical (unpaired) electrons. The summed E-state index contributed by atoms with van der Waals surface area (Å²) < 4.78 is 6.39. The molecule has 0 bridgehead atoms. The number of hydrogen-bond acceptors (Lipinski definition) is 4. The van der Waals surface area contributed by atoms with E-state index in [1.807, 2.05) is 31.1 Å². The molecule has 1 atom stereocenters. The molecule has 6 heteroatoms. The molecule has 0 unspecified atom stereocenters. The van der Waals surface area contributed by atoms with Crippen LogP contribution in [0.3, 0.4) is 0 Å². The van der Waals surface area contributed by atoms with Gasteiger partial charge >= 0.3 is 0 Å². The minimum Gasteiger partial charge on any atom is -0.501 e. The lowest BCUT2D eigenvalue weighted by Gasteiger charge is -2.54. The summed E-state index contributed by atoms with van der Waals surface area (Å²) in [6, 6.07) is 2.31. The van der Waals surface area contributed by atoms with Gasteiger partial charge in [-0.2, -0.15) is 0 Å². The van der Waals surface area contributed by atoms with E-state index >= 15 is 0 Å². The molecule has 5 nitrogen and oxygen atoms in total. The summed E-state index contributed by atoms with van der Waals surface area (Å²) in [6.45, 7) is 9.24. The zero-order valence-electron chi connectivity index (χ0n) is 15.5. The molecule has 1 aliphatic carbocycles. The van der Waals surface area contributed by atoms with Crippen LogP contribution in [0.4, 0.5) is 5.69 Å². The lowest BCUT2D eigenvalue weighted by atomic mass is 9.72. The summed E-state index contributed by atoms with van der Waals surface area (Å²) in [5.74, 6) is 0.749. The first kappa shape index (κ1) is 16.8. The summed E-state index contributed by atoms with van der Waals surface area (Å²) in [5.41, 5.74) is 2.94. The molecule has 3 aliphatic heterocycles. The molecular formula is C20H24BrN3O2. The minimum absolute atomic E-state index is 0.169. The molecule has 1 saturated heterocycles. The lowest BCUT2D eigenvalue weighted by Crippen LogP contribution is -2.62. The van der Waals surface area contributed by atoms with E-state index in [1.54, 1.807) is 6.20 Å². The van der Waals surface area contributed by atoms with Crippen molar-refractivity contribution in [3.05, 3.63) is 34.3 Å². The van der Waals surface area contributed by atoms with Crippen molar-refractivity contribution in [1.29, 1.82) is 0 Å². The van der Waals surface area contributed by atoms with Crippen LogP contribution in [-0.4, -0.2) is 47.1 Å². The molecule has 0 aromatic carbocycles. The number of likely N-dealkylation sites (tertiary alicyclic amines) is 1. The number of amides is 1. The fourth-order valence-corrected chi connectivity index (χ4v) is 5.46. The standard InChI is InChI=1S/C20H24BrN3O2/c1-19(2)17-16(4-14(21)7-22-17)24(18(19)25)15-5-20(3,6-15)23-8-12-10-26-11-13(12)9-23/h4,7,10,13,15H,5-6,8-9,11H2,1-3H3/t13-,15?,20?/m1/s1. The molecule has 26 heavy (non-hydrogen) atoms. The Labute approximate surface area is 162 Å². The van der Waals surface area contributed by atoms with E-state index in [1.165, 1.54) is 5.57 Å². The van der Waals surface area contributed by atoms with Crippen LogP contribution in [0.25, 0.3) is 0 Å². The molecule has 1 aromatic rings. The third-order valence-corrected chi connectivity index (χ3v) is 7.22. The number of rotatable bonds is 2. The number of hydrogen-bond donors (Lipinski definition) is 0. The van der Waals surface area contributed by atoms with E-state index in [2.05, 4.69) is 32.7 Å². The zero-order chi connectivity index (χ0) is 18.3. The highest BCUT2D eigenvalue weighted by molar-refractivity contribution is 9.10. The predicted molar refractivity (Wildman–Crippen MR) is 103 cm³/mol. The van der Waals surface area contributed by atoms with Crippen molar-refractivity contribution in [3.63, 3.8) is 0 Å². The van der Waals surface area contributed by atoms with Gasteiger partial charge in [0.1, 0.15) is 0 Å². The van der Waals surface area contributed by atoms with E-state index in [-0.39, 0.29) is 17.5 Å². The summed E-state index contributed by atoms with van der Waals surface area (Å²) in [4.78, 5) is 22.3. The topological polar surface area (TPSA) is 45.7 Å². The minimum atomic E-state index is -0.547. The van der Waals surface area contributed by atoms with Gasteiger partial charge < -0.3 is 9.64 Å². The Morgan fingerprint density at radius 1 is 1.31 bits per heavy atom. The van der Waals surface area contributed by atoms with Crippen LogP contribution in [0.15, 0.2) is 28.6 Å².